The van der Waals surface area contributed by atoms with Crippen LogP contribution in [0.15, 0.2) is 40.8 Å². The molecular weight excluding hydrogens is 226 g/mol. The number of furan rings is 1. The van der Waals surface area contributed by atoms with E-state index < -0.39 is 0 Å². The van der Waals surface area contributed by atoms with Gasteiger partial charge >= 0.3 is 0 Å². The molecule has 2 rings (SSSR count). The van der Waals surface area contributed by atoms with Gasteiger partial charge in [0.1, 0.15) is 17.3 Å². The van der Waals surface area contributed by atoms with Gasteiger partial charge in [0.15, 0.2) is 0 Å². The molecule has 18 heavy (non-hydrogen) atoms. The number of aryl methyl sites for hydroxylation is 1. The quantitative estimate of drug-likeness (QED) is 0.876. The van der Waals surface area contributed by atoms with Gasteiger partial charge in [-0.1, -0.05) is 12.1 Å². The van der Waals surface area contributed by atoms with Crippen LogP contribution in [-0.2, 0) is 6.54 Å². The summed E-state index contributed by atoms with van der Waals surface area (Å²) in [5.41, 5.74) is 1.24. The lowest BCUT2D eigenvalue weighted by molar-refractivity contribution is 0.414. The largest absolute Gasteiger partial charge is 0.497 e. The molecule has 0 bridgehead atoms. The number of rotatable bonds is 5. The molecular formula is C15H19NO2. The van der Waals surface area contributed by atoms with E-state index in [4.69, 9.17) is 9.15 Å². The average Bonchev–Trinajstić information content (AvgIpc) is 2.82. The van der Waals surface area contributed by atoms with E-state index in [-0.39, 0.29) is 6.04 Å². The lowest BCUT2D eigenvalue weighted by Crippen LogP contribution is -2.17. The van der Waals surface area contributed by atoms with E-state index in [0.29, 0.717) is 0 Å². The van der Waals surface area contributed by atoms with Crippen molar-refractivity contribution in [3.8, 4) is 5.75 Å². The van der Waals surface area contributed by atoms with E-state index in [0.717, 1.165) is 23.8 Å². The molecule has 96 valence electrons. The van der Waals surface area contributed by atoms with Crippen LogP contribution in [0.25, 0.3) is 0 Å². The lowest BCUT2D eigenvalue weighted by Gasteiger charge is -2.13. The molecule has 1 N–H and O–H groups in total. The van der Waals surface area contributed by atoms with E-state index in [2.05, 4.69) is 24.4 Å². The summed E-state index contributed by atoms with van der Waals surface area (Å²) in [5.74, 6) is 2.80. The second-order valence-corrected chi connectivity index (χ2v) is 4.39. The monoisotopic (exact) mass is 245 g/mol. The molecule has 0 aliphatic rings. The van der Waals surface area contributed by atoms with Gasteiger partial charge in [-0.15, -0.1) is 0 Å². The number of benzene rings is 1. The highest BCUT2D eigenvalue weighted by atomic mass is 16.5. The van der Waals surface area contributed by atoms with Crippen molar-refractivity contribution in [1.29, 1.82) is 0 Å². The molecule has 0 aliphatic heterocycles. The zero-order valence-electron chi connectivity index (χ0n) is 11.1. The van der Waals surface area contributed by atoms with Crippen LogP contribution in [0.2, 0.25) is 0 Å². The van der Waals surface area contributed by atoms with Crippen molar-refractivity contribution in [1.82, 2.24) is 5.32 Å². The van der Waals surface area contributed by atoms with Crippen LogP contribution >= 0.6 is 0 Å². The normalized spacial score (nSPS) is 12.4. The second kappa shape index (κ2) is 5.74. The van der Waals surface area contributed by atoms with Gasteiger partial charge in [-0.3, -0.25) is 0 Å². The van der Waals surface area contributed by atoms with Gasteiger partial charge in [-0.25, -0.2) is 0 Å². The predicted octanol–water partition coefficient (Wildman–Crippen LogP) is 3.45. The maximum absolute atomic E-state index is 5.52. The first-order valence-electron chi connectivity index (χ1n) is 6.11. The zero-order chi connectivity index (χ0) is 13.0. The van der Waals surface area contributed by atoms with Gasteiger partial charge in [0.05, 0.1) is 13.7 Å². The van der Waals surface area contributed by atoms with Crippen LogP contribution in [0.4, 0.5) is 0 Å². The van der Waals surface area contributed by atoms with Crippen molar-refractivity contribution in [2.75, 3.05) is 7.11 Å². The van der Waals surface area contributed by atoms with E-state index >= 15 is 0 Å². The Labute approximate surface area is 108 Å². The Balaban J connectivity index is 1.92. The molecule has 0 fully saturated rings. The highest BCUT2D eigenvalue weighted by Crippen LogP contribution is 2.18. The minimum absolute atomic E-state index is 0.279. The van der Waals surface area contributed by atoms with E-state index in [9.17, 15) is 0 Å². The number of ether oxygens (including phenoxy) is 1. The Kier molecular flexibility index (Phi) is 4.05. The summed E-state index contributed by atoms with van der Waals surface area (Å²) in [4.78, 5) is 0. The second-order valence-electron chi connectivity index (χ2n) is 4.39. The van der Waals surface area contributed by atoms with Crippen LogP contribution in [0, 0.1) is 6.92 Å². The Morgan fingerprint density at radius 3 is 2.44 bits per heavy atom. The third-order valence-corrected chi connectivity index (χ3v) is 2.99. The number of methoxy groups -OCH3 is 1. The molecule has 1 aromatic carbocycles. The Morgan fingerprint density at radius 2 is 1.89 bits per heavy atom. The lowest BCUT2D eigenvalue weighted by atomic mass is 10.1. The minimum atomic E-state index is 0.279. The molecule has 3 nitrogen and oxygen atoms in total. The highest BCUT2D eigenvalue weighted by Gasteiger charge is 2.06. The summed E-state index contributed by atoms with van der Waals surface area (Å²) in [6, 6.07) is 12.4. The fourth-order valence-corrected chi connectivity index (χ4v) is 1.84. The predicted molar refractivity (Wildman–Crippen MR) is 71.7 cm³/mol. The van der Waals surface area contributed by atoms with Gasteiger partial charge in [-0.05, 0) is 43.7 Å². The van der Waals surface area contributed by atoms with Crippen molar-refractivity contribution in [2.24, 2.45) is 0 Å². The summed E-state index contributed by atoms with van der Waals surface area (Å²) in [7, 11) is 1.68. The number of hydrogen-bond acceptors (Lipinski definition) is 3. The van der Waals surface area contributed by atoms with Crippen molar-refractivity contribution in [3.05, 3.63) is 53.5 Å². The van der Waals surface area contributed by atoms with Gasteiger partial charge in [0.25, 0.3) is 0 Å². The molecule has 0 radical (unpaired) electrons. The molecule has 1 heterocycles. The molecule has 3 heteroatoms. The van der Waals surface area contributed by atoms with Crippen molar-refractivity contribution >= 4 is 0 Å². The fourth-order valence-electron chi connectivity index (χ4n) is 1.84. The topological polar surface area (TPSA) is 34.4 Å². The highest BCUT2D eigenvalue weighted by molar-refractivity contribution is 5.28. The summed E-state index contributed by atoms with van der Waals surface area (Å²) in [6.07, 6.45) is 0. The first kappa shape index (κ1) is 12.7. The van der Waals surface area contributed by atoms with Crippen LogP contribution in [-0.4, -0.2) is 7.11 Å². The molecule has 2 aromatic rings. The smallest absolute Gasteiger partial charge is 0.118 e. The standard InChI is InChI=1S/C15H19NO2/c1-11-4-7-15(18-11)10-16-12(2)13-5-8-14(17-3)9-6-13/h4-9,12,16H,10H2,1-3H3. The number of nitrogens with one attached hydrogen (secondary N) is 1. The average molecular weight is 245 g/mol. The maximum Gasteiger partial charge on any atom is 0.118 e. The van der Waals surface area contributed by atoms with Crippen molar-refractivity contribution < 1.29 is 9.15 Å². The Morgan fingerprint density at radius 1 is 1.17 bits per heavy atom. The first-order chi connectivity index (χ1) is 8.69. The maximum atomic E-state index is 5.52. The van der Waals surface area contributed by atoms with Crippen molar-refractivity contribution in [2.45, 2.75) is 26.4 Å². The van der Waals surface area contributed by atoms with E-state index in [1.807, 2.05) is 31.2 Å². The van der Waals surface area contributed by atoms with E-state index in [1.165, 1.54) is 5.56 Å². The van der Waals surface area contributed by atoms with Gasteiger partial charge < -0.3 is 14.5 Å². The Hall–Kier alpha value is -1.74. The first-order valence-corrected chi connectivity index (χ1v) is 6.11. The van der Waals surface area contributed by atoms with E-state index in [1.54, 1.807) is 7.11 Å². The van der Waals surface area contributed by atoms with Crippen molar-refractivity contribution in [3.63, 3.8) is 0 Å². The summed E-state index contributed by atoms with van der Waals surface area (Å²) >= 11 is 0. The number of hydrogen-bond donors (Lipinski definition) is 1. The molecule has 1 atom stereocenters. The van der Waals surface area contributed by atoms with Gasteiger partial charge in [-0.2, -0.15) is 0 Å². The van der Waals surface area contributed by atoms with Gasteiger partial charge in [0.2, 0.25) is 0 Å². The molecule has 1 aromatic heterocycles. The minimum Gasteiger partial charge on any atom is -0.497 e. The van der Waals surface area contributed by atoms with Crippen LogP contribution in [0.5, 0.6) is 5.75 Å². The zero-order valence-corrected chi connectivity index (χ0v) is 11.1. The summed E-state index contributed by atoms with van der Waals surface area (Å²) < 4.78 is 10.7. The molecule has 1 unspecified atom stereocenters. The third-order valence-electron chi connectivity index (χ3n) is 2.99. The third kappa shape index (κ3) is 3.14. The molecule has 0 saturated heterocycles. The van der Waals surface area contributed by atoms with Gasteiger partial charge in [0, 0.05) is 6.04 Å². The molecule has 0 amide bonds. The molecule has 0 spiro atoms. The fraction of sp³-hybridized carbons (Fsp3) is 0.333. The van der Waals surface area contributed by atoms with Crippen LogP contribution in [0.3, 0.4) is 0 Å². The molecule has 0 aliphatic carbocycles. The van der Waals surface area contributed by atoms with Crippen LogP contribution < -0.4 is 10.1 Å². The molecule has 0 saturated carbocycles. The SMILES string of the molecule is COc1ccc(C(C)NCc2ccc(C)o2)cc1. The summed E-state index contributed by atoms with van der Waals surface area (Å²) in [5, 5.41) is 3.43. The Bertz CT molecular complexity index is 487. The van der Waals surface area contributed by atoms with Crippen LogP contribution in [0.1, 0.15) is 30.0 Å². The summed E-state index contributed by atoms with van der Waals surface area (Å²) in [6.45, 7) is 4.83.